The fourth-order valence-corrected chi connectivity index (χ4v) is 2.51. The summed E-state index contributed by atoms with van der Waals surface area (Å²) in [4.78, 5) is 14.1. The average molecular weight is 221 g/mol. The summed E-state index contributed by atoms with van der Waals surface area (Å²) in [6.07, 6.45) is 4.99. The van der Waals surface area contributed by atoms with Crippen molar-refractivity contribution in [1.82, 2.24) is 10.2 Å². The van der Waals surface area contributed by atoms with Crippen LogP contribution in [0.3, 0.4) is 0 Å². The second kappa shape index (κ2) is 5.31. The highest BCUT2D eigenvalue weighted by molar-refractivity contribution is 5.82. The van der Waals surface area contributed by atoms with Crippen LogP contribution in [0.25, 0.3) is 0 Å². The van der Waals surface area contributed by atoms with Gasteiger partial charge in [0.25, 0.3) is 0 Å². The largest absolute Gasteiger partial charge is 0.341 e. The molecule has 16 heavy (non-hydrogen) atoms. The summed E-state index contributed by atoms with van der Waals surface area (Å²) in [5, 5.41) is 12.1. The van der Waals surface area contributed by atoms with E-state index in [4.69, 9.17) is 5.26 Å². The van der Waals surface area contributed by atoms with E-state index in [2.05, 4.69) is 11.4 Å². The van der Waals surface area contributed by atoms with E-state index < -0.39 is 0 Å². The van der Waals surface area contributed by atoms with Crippen molar-refractivity contribution in [2.75, 3.05) is 19.6 Å². The Labute approximate surface area is 96.6 Å². The number of amides is 1. The summed E-state index contributed by atoms with van der Waals surface area (Å²) in [6, 6.07) is 2.32. The highest BCUT2D eigenvalue weighted by atomic mass is 16.2. The van der Waals surface area contributed by atoms with Crippen molar-refractivity contribution in [2.24, 2.45) is 5.92 Å². The number of nitrogens with one attached hydrogen (secondary N) is 1. The van der Waals surface area contributed by atoms with Gasteiger partial charge in [-0.3, -0.25) is 4.79 Å². The van der Waals surface area contributed by atoms with Gasteiger partial charge in [-0.15, -0.1) is 0 Å². The Morgan fingerprint density at radius 1 is 1.25 bits per heavy atom. The summed E-state index contributed by atoms with van der Waals surface area (Å²) >= 11 is 0. The van der Waals surface area contributed by atoms with Gasteiger partial charge in [0.05, 0.1) is 12.1 Å². The number of nitriles is 1. The standard InChI is InChI=1S/C12H19N3O/c13-9-10-4-7-15(8-5-10)12(16)11-3-1-2-6-14-11/h10-11,14H,1-8H2/t11-/m0/s1. The van der Waals surface area contributed by atoms with Gasteiger partial charge in [-0.05, 0) is 32.2 Å². The molecule has 0 aromatic carbocycles. The molecule has 0 bridgehead atoms. The number of carbonyl (C=O) groups is 1. The quantitative estimate of drug-likeness (QED) is 0.715. The van der Waals surface area contributed by atoms with Crippen molar-refractivity contribution in [2.45, 2.75) is 38.1 Å². The molecule has 0 spiro atoms. The van der Waals surface area contributed by atoms with Gasteiger partial charge in [-0.25, -0.2) is 0 Å². The van der Waals surface area contributed by atoms with Gasteiger partial charge in [0.2, 0.25) is 5.91 Å². The Kier molecular flexibility index (Phi) is 3.79. The number of hydrogen-bond donors (Lipinski definition) is 1. The van der Waals surface area contributed by atoms with Crippen molar-refractivity contribution in [3.8, 4) is 6.07 Å². The number of nitrogens with zero attached hydrogens (tertiary/aromatic N) is 2. The number of carbonyl (C=O) groups excluding carboxylic acids is 1. The lowest BCUT2D eigenvalue weighted by Crippen LogP contribution is -2.50. The molecule has 2 heterocycles. The van der Waals surface area contributed by atoms with E-state index in [1.165, 1.54) is 6.42 Å². The number of hydrogen-bond acceptors (Lipinski definition) is 3. The van der Waals surface area contributed by atoms with Gasteiger partial charge in [0.1, 0.15) is 0 Å². The van der Waals surface area contributed by atoms with E-state index in [1.807, 2.05) is 4.90 Å². The van der Waals surface area contributed by atoms with Crippen LogP contribution < -0.4 is 5.32 Å². The van der Waals surface area contributed by atoms with Crippen molar-refractivity contribution >= 4 is 5.91 Å². The number of rotatable bonds is 1. The summed E-state index contributed by atoms with van der Waals surface area (Å²) in [5.74, 6) is 0.402. The summed E-state index contributed by atoms with van der Waals surface area (Å²) < 4.78 is 0. The topological polar surface area (TPSA) is 56.1 Å². The van der Waals surface area contributed by atoms with Crippen LogP contribution in [0.15, 0.2) is 0 Å². The van der Waals surface area contributed by atoms with Gasteiger partial charge in [-0.1, -0.05) is 6.42 Å². The van der Waals surface area contributed by atoms with E-state index in [1.54, 1.807) is 0 Å². The second-order valence-electron chi connectivity index (χ2n) is 4.73. The zero-order valence-electron chi connectivity index (χ0n) is 9.61. The maximum atomic E-state index is 12.1. The number of piperidine rings is 2. The lowest BCUT2D eigenvalue weighted by molar-refractivity contribution is -0.135. The first kappa shape index (κ1) is 11.4. The highest BCUT2D eigenvalue weighted by Gasteiger charge is 2.28. The maximum absolute atomic E-state index is 12.1. The SMILES string of the molecule is N#CC1CCN(C(=O)[C@@H]2CCCCN2)CC1. The van der Waals surface area contributed by atoms with E-state index in [-0.39, 0.29) is 17.9 Å². The van der Waals surface area contributed by atoms with Crippen LogP contribution >= 0.6 is 0 Å². The van der Waals surface area contributed by atoms with Crippen LogP contribution in [0.2, 0.25) is 0 Å². The van der Waals surface area contributed by atoms with Crippen LogP contribution in [0, 0.1) is 17.2 Å². The molecule has 88 valence electrons. The minimum Gasteiger partial charge on any atom is -0.341 e. The van der Waals surface area contributed by atoms with Crippen LogP contribution in [-0.4, -0.2) is 36.5 Å². The van der Waals surface area contributed by atoms with Gasteiger partial charge < -0.3 is 10.2 Å². The lowest BCUT2D eigenvalue weighted by Gasteiger charge is -2.33. The lowest BCUT2D eigenvalue weighted by atomic mass is 9.97. The Hall–Kier alpha value is -1.08. The Balaban J connectivity index is 1.84. The van der Waals surface area contributed by atoms with Gasteiger partial charge >= 0.3 is 0 Å². The fraction of sp³-hybridized carbons (Fsp3) is 0.833. The minimum atomic E-state index is 0.0346. The fourth-order valence-electron chi connectivity index (χ4n) is 2.51. The first-order valence-corrected chi connectivity index (χ1v) is 6.23. The third-order valence-corrected chi connectivity index (χ3v) is 3.60. The Morgan fingerprint density at radius 3 is 2.56 bits per heavy atom. The summed E-state index contributed by atoms with van der Waals surface area (Å²) in [7, 11) is 0. The second-order valence-corrected chi connectivity index (χ2v) is 4.73. The van der Waals surface area contributed by atoms with Crippen LogP contribution in [0.5, 0.6) is 0 Å². The third-order valence-electron chi connectivity index (χ3n) is 3.60. The molecule has 0 unspecified atom stereocenters. The minimum absolute atomic E-state index is 0.0346. The Morgan fingerprint density at radius 2 is 2.00 bits per heavy atom. The molecule has 2 aliphatic heterocycles. The molecule has 0 aromatic rings. The molecular weight excluding hydrogens is 202 g/mol. The number of likely N-dealkylation sites (tertiary alicyclic amines) is 1. The van der Waals surface area contributed by atoms with Gasteiger partial charge in [0.15, 0.2) is 0 Å². The molecule has 2 fully saturated rings. The van der Waals surface area contributed by atoms with Crippen molar-refractivity contribution in [1.29, 1.82) is 5.26 Å². The highest BCUT2D eigenvalue weighted by Crippen LogP contribution is 2.18. The van der Waals surface area contributed by atoms with Crippen LogP contribution in [-0.2, 0) is 4.79 Å². The van der Waals surface area contributed by atoms with E-state index in [0.717, 1.165) is 45.3 Å². The predicted molar refractivity (Wildman–Crippen MR) is 60.6 cm³/mol. The molecule has 0 radical (unpaired) electrons. The van der Waals surface area contributed by atoms with E-state index in [0.29, 0.717) is 0 Å². The monoisotopic (exact) mass is 221 g/mol. The summed E-state index contributed by atoms with van der Waals surface area (Å²) in [6.45, 7) is 2.48. The molecule has 0 aliphatic carbocycles. The molecule has 4 heteroatoms. The van der Waals surface area contributed by atoms with Gasteiger partial charge in [-0.2, -0.15) is 5.26 Å². The molecule has 2 aliphatic rings. The predicted octanol–water partition coefficient (Wildman–Crippen LogP) is 0.891. The first-order chi connectivity index (χ1) is 7.81. The zero-order chi connectivity index (χ0) is 11.4. The van der Waals surface area contributed by atoms with E-state index >= 15 is 0 Å². The molecule has 0 saturated carbocycles. The van der Waals surface area contributed by atoms with Gasteiger partial charge in [0, 0.05) is 19.0 Å². The molecule has 1 atom stereocenters. The van der Waals surface area contributed by atoms with Crippen LogP contribution in [0.1, 0.15) is 32.1 Å². The van der Waals surface area contributed by atoms with E-state index in [9.17, 15) is 4.79 Å². The maximum Gasteiger partial charge on any atom is 0.239 e. The van der Waals surface area contributed by atoms with Crippen LogP contribution in [0.4, 0.5) is 0 Å². The zero-order valence-corrected chi connectivity index (χ0v) is 9.61. The average Bonchev–Trinajstić information content (AvgIpc) is 2.39. The first-order valence-electron chi connectivity index (χ1n) is 6.23. The molecule has 1 N–H and O–H groups in total. The molecule has 2 rings (SSSR count). The molecule has 4 nitrogen and oxygen atoms in total. The summed E-state index contributed by atoms with van der Waals surface area (Å²) in [5.41, 5.74) is 0. The molecule has 0 aromatic heterocycles. The normalized spacial score (nSPS) is 27.4. The smallest absolute Gasteiger partial charge is 0.239 e. The molecular formula is C12H19N3O. The molecule has 1 amide bonds. The van der Waals surface area contributed by atoms with Crippen molar-refractivity contribution < 1.29 is 4.79 Å². The molecule has 2 saturated heterocycles. The van der Waals surface area contributed by atoms with Crippen molar-refractivity contribution in [3.05, 3.63) is 0 Å². The Bertz CT molecular complexity index is 283. The third kappa shape index (κ3) is 2.53. The van der Waals surface area contributed by atoms with Crippen molar-refractivity contribution in [3.63, 3.8) is 0 Å².